The molecule has 0 spiro atoms. The molecule has 6 rings (SSSR count). The second-order valence-corrected chi connectivity index (χ2v) is 13.3. The molecule has 0 aromatic carbocycles. The van der Waals surface area contributed by atoms with E-state index < -0.39 is 0 Å². The Morgan fingerprint density at radius 1 is 0.339 bits per heavy atom. The quantitative estimate of drug-likeness (QED) is 0.183. The van der Waals surface area contributed by atoms with E-state index in [1.165, 1.54) is 5.57 Å². The van der Waals surface area contributed by atoms with Gasteiger partial charge >= 0.3 is 0 Å². The molecule has 0 bridgehead atoms. The van der Waals surface area contributed by atoms with Crippen LogP contribution in [0.4, 0.5) is 0 Å². The number of Topliss-reactive ketones (excluding diaryl/α,β-unsaturated/α-hetero) is 3. The van der Waals surface area contributed by atoms with Crippen LogP contribution in [-0.4, -0.2) is 17.3 Å². The first-order valence-corrected chi connectivity index (χ1v) is 19.3. The third-order valence-corrected chi connectivity index (χ3v) is 8.79. The van der Waals surface area contributed by atoms with Crippen molar-refractivity contribution in [1.29, 1.82) is 0 Å². The van der Waals surface area contributed by atoms with Gasteiger partial charge in [-0.2, -0.15) is 0 Å². The first-order chi connectivity index (χ1) is 26.5. The number of carbonyl (C=O) groups is 3. The average Bonchev–Trinajstić information content (AvgIpc) is 3.24. The van der Waals surface area contributed by atoms with Crippen molar-refractivity contribution in [2.24, 2.45) is 0 Å². The third-order valence-electron chi connectivity index (χ3n) is 8.79. The Morgan fingerprint density at radius 2 is 0.589 bits per heavy atom. The van der Waals surface area contributed by atoms with Crippen LogP contribution in [0.2, 0.25) is 0 Å². The molecular weight excluding hydrogens is 873 g/mol. The predicted octanol–water partition coefficient (Wildman–Crippen LogP) is 12.7. The molecule has 0 saturated heterocycles. The third kappa shape index (κ3) is 21.7. The van der Waals surface area contributed by atoms with E-state index in [0.29, 0.717) is 38.5 Å². The number of ketones is 3. The van der Waals surface area contributed by atoms with Gasteiger partial charge in [-0.25, -0.2) is 0 Å². The molecule has 0 heterocycles. The minimum absolute atomic E-state index is 0. The largest absolute Gasteiger partial charge is 0.299 e. The number of hydrogen-bond donors (Lipinski definition) is 0. The molecule has 3 nitrogen and oxygen atoms in total. The van der Waals surface area contributed by atoms with E-state index in [9.17, 15) is 14.4 Å². The predicted molar refractivity (Wildman–Crippen MR) is 229 cm³/mol. The van der Waals surface area contributed by atoms with Crippen molar-refractivity contribution in [1.82, 2.24) is 0 Å². The van der Waals surface area contributed by atoms with E-state index in [1.54, 1.807) is 0 Å². The molecule has 0 aliphatic heterocycles. The molecule has 296 valence electrons. The second-order valence-electron chi connectivity index (χ2n) is 13.3. The van der Waals surface area contributed by atoms with Crippen LogP contribution < -0.4 is 0 Å². The van der Waals surface area contributed by atoms with Crippen molar-refractivity contribution in [2.75, 3.05) is 0 Å². The molecule has 0 fully saturated rings. The normalized spacial score (nSPS) is 17.3. The van der Waals surface area contributed by atoms with Crippen molar-refractivity contribution >= 4 is 17.3 Å². The SMILES string of the molecule is O=C(CC=C1C=CCC=C1)C/C=C1/C=CC=CC1.O=C(CC=C1C=CCC=C1)CC=C1C=CCC=C1.O=C(CC=C1C=CCC=C1)CC=C1C=CCC=C1.[Pd].[Pd]. The van der Waals surface area contributed by atoms with Crippen molar-refractivity contribution in [3.63, 3.8) is 0 Å². The Bertz CT molecular complexity index is 1650. The van der Waals surface area contributed by atoms with Crippen LogP contribution in [-0.2, 0) is 55.2 Å². The first kappa shape index (κ1) is 47.8. The number of rotatable bonds is 12. The number of carbonyl (C=O) groups excluding carboxylic acids is 3. The van der Waals surface area contributed by atoms with E-state index in [2.05, 4.69) is 134 Å². The maximum Gasteiger partial charge on any atom is 0.140 e. The zero-order chi connectivity index (χ0) is 37.9. The van der Waals surface area contributed by atoms with Gasteiger partial charge in [-0.3, -0.25) is 14.4 Å². The standard InChI is InChI=1S/3C17H18O.2Pd/c3*18-17(13-11-15-7-3-1-4-8-15)14-12-16-9-5-2-6-10-16;;/h2*3-12H,1-2,13-14H2;1,3-7,9-12H,2,8,13-14H2;;/b;;15-11-;;. The van der Waals surface area contributed by atoms with Gasteiger partial charge in [-0.1, -0.05) is 182 Å². The zero-order valence-electron chi connectivity index (χ0n) is 32.2. The van der Waals surface area contributed by atoms with Gasteiger partial charge in [0.15, 0.2) is 0 Å². The fourth-order valence-corrected chi connectivity index (χ4v) is 5.73. The Morgan fingerprint density at radius 3 is 0.821 bits per heavy atom. The van der Waals surface area contributed by atoms with Gasteiger partial charge < -0.3 is 0 Å². The van der Waals surface area contributed by atoms with E-state index in [-0.39, 0.29) is 58.2 Å². The van der Waals surface area contributed by atoms with Gasteiger partial charge in [0.05, 0.1) is 0 Å². The Labute approximate surface area is 363 Å². The zero-order valence-corrected chi connectivity index (χ0v) is 35.3. The number of hydrogen-bond acceptors (Lipinski definition) is 3. The van der Waals surface area contributed by atoms with Crippen LogP contribution >= 0.6 is 0 Å². The maximum absolute atomic E-state index is 11.7. The van der Waals surface area contributed by atoms with Crippen molar-refractivity contribution in [2.45, 2.75) is 77.0 Å². The summed E-state index contributed by atoms with van der Waals surface area (Å²) in [5.74, 6) is 0.787. The van der Waals surface area contributed by atoms with E-state index in [0.717, 1.165) is 66.4 Å². The summed E-state index contributed by atoms with van der Waals surface area (Å²) in [4.78, 5) is 35.2. The summed E-state index contributed by atoms with van der Waals surface area (Å²) in [5.41, 5.74) is 6.93. The van der Waals surface area contributed by atoms with E-state index in [4.69, 9.17) is 0 Å². The van der Waals surface area contributed by atoms with Crippen molar-refractivity contribution < 1.29 is 55.2 Å². The van der Waals surface area contributed by atoms with Crippen LogP contribution in [0.3, 0.4) is 0 Å². The maximum atomic E-state index is 11.7. The van der Waals surface area contributed by atoms with Crippen LogP contribution in [0, 0.1) is 0 Å². The molecule has 5 heteroatoms. The molecule has 0 aromatic rings. The molecule has 0 N–H and O–H groups in total. The van der Waals surface area contributed by atoms with Crippen LogP contribution in [0.1, 0.15) is 77.0 Å². The fraction of sp³-hybridized carbons (Fsp3) is 0.235. The Balaban J connectivity index is 0.000000285. The van der Waals surface area contributed by atoms with Crippen LogP contribution in [0.15, 0.2) is 216 Å². The van der Waals surface area contributed by atoms with Gasteiger partial charge in [0.2, 0.25) is 0 Å². The number of allylic oxidation sites excluding steroid dienone is 36. The Kier molecular flexibility index (Phi) is 25.5. The van der Waals surface area contributed by atoms with Gasteiger partial charge in [0, 0.05) is 79.4 Å². The second kappa shape index (κ2) is 29.9. The molecule has 0 aromatic heterocycles. The molecule has 6 aliphatic carbocycles. The van der Waals surface area contributed by atoms with Gasteiger partial charge in [0.1, 0.15) is 17.3 Å². The van der Waals surface area contributed by atoms with Gasteiger partial charge in [-0.05, 0) is 72.0 Å². The Hall–Kier alpha value is -4.35. The van der Waals surface area contributed by atoms with E-state index >= 15 is 0 Å². The topological polar surface area (TPSA) is 51.2 Å². The summed E-state index contributed by atoms with van der Waals surface area (Å²) in [6, 6.07) is 0. The molecule has 0 amide bonds. The molecular formula is C51H54O3Pd2. The molecule has 56 heavy (non-hydrogen) atoms. The summed E-state index contributed by atoms with van der Waals surface area (Å²) < 4.78 is 0. The van der Waals surface area contributed by atoms with E-state index in [1.807, 2.05) is 48.6 Å². The van der Waals surface area contributed by atoms with Crippen molar-refractivity contribution in [3.8, 4) is 0 Å². The summed E-state index contributed by atoms with van der Waals surface area (Å²) in [7, 11) is 0. The molecule has 0 unspecified atom stereocenters. The first-order valence-electron chi connectivity index (χ1n) is 19.3. The molecule has 0 saturated carbocycles. The monoisotopic (exact) mass is 926 g/mol. The molecule has 0 atom stereocenters. The summed E-state index contributed by atoms with van der Waals surface area (Å²) >= 11 is 0. The summed E-state index contributed by atoms with van der Waals surface area (Å²) in [6.07, 6.45) is 71.1. The fourth-order valence-electron chi connectivity index (χ4n) is 5.73. The molecule has 0 radical (unpaired) electrons. The summed E-state index contributed by atoms with van der Waals surface area (Å²) in [6.45, 7) is 0. The average molecular weight is 928 g/mol. The minimum atomic E-state index is 0. The minimum Gasteiger partial charge on any atom is -0.299 e. The van der Waals surface area contributed by atoms with Crippen molar-refractivity contribution in [3.05, 3.63) is 216 Å². The van der Waals surface area contributed by atoms with Gasteiger partial charge in [0.25, 0.3) is 0 Å². The smallest absolute Gasteiger partial charge is 0.140 e. The van der Waals surface area contributed by atoms with Crippen LogP contribution in [0.5, 0.6) is 0 Å². The van der Waals surface area contributed by atoms with Gasteiger partial charge in [-0.15, -0.1) is 0 Å². The van der Waals surface area contributed by atoms with Crippen LogP contribution in [0.25, 0.3) is 0 Å². The summed E-state index contributed by atoms with van der Waals surface area (Å²) in [5, 5.41) is 0. The molecule has 6 aliphatic rings.